The number of rotatable bonds is 8. The van der Waals surface area contributed by atoms with Crippen molar-refractivity contribution in [2.75, 3.05) is 6.54 Å². The van der Waals surface area contributed by atoms with Gasteiger partial charge in [0.25, 0.3) is 10.0 Å². The molecule has 1 heterocycles. The molecule has 1 aromatic heterocycles. The van der Waals surface area contributed by atoms with Crippen molar-refractivity contribution in [1.82, 2.24) is 9.71 Å². The molecule has 10 heteroatoms. The fraction of sp³-hybridized carbons (Fsp3) is 0.364. The molecule has 1 atom stereocenters. The van der Waals surface area contributed by atoms with Crippen molar-refractivity contribution in [3.8, 4) is 0 Å². The van der Waals surface area contributed by atoms with Crippen LogP contribution in [-0.2, 0) is 14.8 Å². The molecule has 116 valence electrons. The zero-order valence-corrected chi connectivity index (χ0v) is 12.0. The predicted octanol–water partition coefficient (Wildman–Crippen LogP) is -1.13. The third-order valence-electron chi connectivity index (χ3n) is 2.45. The summed E-state index contributed by atoms with van der Waals surface area (Å²) in [5, 5.41) is 8.82. The first-order valence-corrected chi connectivity index (χ1v) is 7.53. The zero-order chi connectivity index (χ0) is 15.9. The number of aliphatic carboxylic acids is 1. The molecule has 0 aliphatic rings. The Morgan fingerprint density at radius 2 is 2.14 bits per heavy atom. The van der Waals surface area contributed by atoms with E-state index < -0.39 is 22.0 Å². The van der Waals surface area contributed by atoms with Crippen LogP contribution in [0.3, 0.4) is 0 Å². The van der Waals surface area contributed by atoms with E-state index in [1.54, 1.807) is 6.07 Å². The van der Waals surface area contributed by atoms with Crippen LogP contribution < -0.4 is 16.2 Å². The SMILES string of the molecule is NC(N)=NCCC[C@H](NS(=O)(=O)c1ccccn1)C(=O)O. The highest BCUT2D eigenvalue weighted by Gasteiger charge is 2.25. The first-order chi connectivity index (χ1) is 9.83. The van der Waals surface area contributed by atoms with Crippen molar-refractivity contribution in [2.45, 2.75) is 23.9 Å². The molecule has 0 aliphatic heterocycles. The number of pyridine rings is 1. The first kappa shape index (κ1) is 16.9. The molecule has 0 fully saturated rings. The normalized spacial score (nSPS) is 12.6. The van der Waals surface area contributed by atoms with Gasteiger partial charge >= 0.3 is 5.97 Å². The van der Waals surface area contributed by atoms with E-state index in [1.807, 2.05) is 0 Å². The van der Waals surface area contributed by atoms with E-state index in [0.717, 1.165) is 0 Å². The summed E-state index contributed by atoms with van der Waals surface area (Å²) in [7, 11) is -3.99. The third-order valence-corrected chi connectivity index (χ3v) is 3.84. The van der Waals surface area contributed by atoms with E-state index in [2.05, 4.69) is 14.7 Å². The zero-order valence-electron chi connectivity index (χ0n) is 11.1. The number of carbonyl (C=O) groups is 1. The molecular weight excluding hydrogens is 298 g/mol. The maximum atomic E-state index is 12.0. The van der Waals surface area contributed by atoms with E-state index in [9.17, 15) is 13.2 Å². The number of nitrogens with one attached hydrogen (secondary N) is 1. The predicted molar refractivity (Wildman–Crippen MR) is 75.9 cm³/mol. The summed E-state index contributed by atoms with van der Waals surface area (Å²) in [5.41, 5.74) is 10.3. The fourth-order valence-electron chi connectivity index (χ4n) is 1.49. The molecule has 21 heavy (non-hydrogen) atoms. The molecule has 0 unspecified atom stereocenters. The molecule has 0 spiro atoms. The number of carboxylic acid groups (broad SMARTS) is 1. The van der Waals surface area contributed by atoms with Crippen LogP contribution >= 0.6 is 0 Å². The van der Waals surface area contributed by atoms with Crippen molar-refractivity contribution in [2.24, 2.45) is 16.5 Å². The van der Waals surface area contributed by atoms with Crippen LogP contribution in [0.1, 0.15) is 12.8 Å². The first-order valence-electron chi connectivity index (χ1n) is 6.04. The summed E-state index contributed by atoms with van der Waals surface area (Å²) in [6.45, 7) is 0.220. The Morgan fingerprint density at radius 3 is 2.67 bits per heavy atom. The summed E-state index contributed by atoms with van der Waals surface area (Å²) in [4.78, 5) is 18.5. The number of nitrogens with zero attached hydrogens (tertiary/aromatic N) is 2. The number of hydrogen-bond acceptors (Lipinski definition) is 5. The van der Waals surface area contributed by atoms with Gasteiger partial charge in [0.2, 0.25) is 0 Å². The van der Waals surface area contributed by atoms with E-state index in [0.29, 0.717) is 6.42 Å². The molecule has 0 saturated heterocycles. The van der Waals surface area contributed by atoms with Gasteiger partial charge in [-0.05, 0) is 25.0 Å². The number of aliphatic imine (C=N–C) groups is 1. The maximum Gasteiger partial charge on any atom is 0.321 e. The molecule has 1 rings (SSSR count). The second kappa shape index (κ2) is 7.55. The summed E-state index contributed by atoms with van der Waals surface area (Å²) in [5.74, 6) is -1.38. The quantitative estimate of drug-likeness (QED) is 0.268. The standard InChI is InChI=1S/C11H17N5O4S/c12-11(13)15-7-3-4-8(10(17)18)16-21(19,20)9-5-1-2-6-14-9/h1-2,5-6,8,16H,3-4,7H2,(H,17,18)(H4,12,13,15)/t8-/m0/s1. The Morgan fingerprint density at radius 1 is 1.43 bits per heavy atom. The molecule has 9 nitrogen and oxygen atoms in total. The highest BCUT2D eigenvalue weighted by Crippen LogP contribution is 2.07. The Labute approximate surface area is 122 Å². The molecule has 0 saturated carbocycles. The van der Waals surface area contributed by atoms with Crippen LogP contribution in [0.25, 0.3) is 0 Å². The van der Waals surface area contributed by atoms with Gasteiger partial charge in [0.15, 0.2) is 11.0 Å². The van der Waals surface area contributed by atoms with Crippen molar-refractivity contribution in [1.29, 1.82) is 0 Å². The minimum Gasteiger partial charge on any atom is -0.480 e. The van der Waals surface area contributed by atoms with Crippen molar-refractivity contribution >= 4 is 22.0 Å². The Kier molecular flexibility index (Phi) is 6.06. The maximum absolute atomic E-state index is 12.0. The van der Waals surface area contributed by atoms with Gasteiger partial charge in [-0.15, -0.1) is 0 Å². The van der Waals surface area contributed by atoms with E-state index >= 15 is 0 Å². The molecular formula is C11H17N5O4S. The molecule has 0 aromatic carbocycles. The van der Waals surface area contributed by atoms with Gasteiger partial charge in [-0.25, -0.2) is 13.4 Å². The highest BCUT2D eigenvalue weighted by molar-refractivity contribution is 7.89. The van der Waals surface area contributed by atoms with Gasteiger partial charge in [-0.3, -0.25) is 9.79 Å². The summed E-state index contributed by atoms with van der Waals surface area (Å²) in [6, 6.07) is 3.06. The molecule has 6 N–H and O–H groups in total. The van der Waals surface area contributed by atoms with Crippen LogP contribution in [-0.4, -0.2) is 43.0 Å². The van der Waals surface area contributed by atoms with Gasteiger partial charge in [0.1, 0.15) is 6.04 Å². The van der Waals surface area contributed by atoms with Crippen LogP contribution in [0.15, 0.2) is 34.4 Å². The van der Waals surface area contributed by atoms with E-state index in [-0.39, 0.29) is 24.0 Å². The molecule has 0 radical (unpaired) electrons. The molecule has 0 aliphatic carbocycles. The van der Waals surface area contributed by atoms with Crippen molar-refractivity contribution < 1.29 is 18.3 Å². The summed E-state index contributed by atoms with van der Waals surface area (Å²) < 4.78 is 26.1. The number of guanidine groups is 1. The lowest BCUT2D eigenvalue weighted by Gasteiger charge is -2.13. The van der Waals surface area contributed by atoms with Gasteiger partial charge in [0, 0.05) is 12.7 Å². The molecule has 0 amide bonds. The van der Waals surface area contributed by atoms with Crippen molar-refractivity contribution in [3.63, 3.8) is 0 Å². The van der Waals surface area contributed by atoms with Gasteiger partial charge in [-0.1, -0.05) is 6.07 Å². The lowest BCUT2D eigenvalue weighted by Crippen LogP contribution is -2.41. The minimum absolute atomic E-state index is 0.0537. The van der Waals surface area contributed by atoms with Crippen LogP contribution in [0.4, 0.5) is 0 Å². The number of hydrogen-bond donors (Lipinski definition) is 4. The second-order valence-corrected chi connectivity index (χ2v) is 5.79. The lowest BCUT2D eigenvalue weighted by atomic mass is 10.2. The Bertz CT molecular complexity index is 598. The van der Waals surface area contributed by atoms with Crippen LogP contribution in [0, 0.1) is 0 Å². The van der Waals surface area contributed by atoms with E-state index in [1.165, 1.54) is 18.3 Å². The average Bonchev–Trinajstić information content (AvgIpc) is 2.42. The number of aromatic nitrogens is 1. The van der Waals surface area contributed by atoms with Gasteiger partial charge < -0.3 is 16.6 Å². The monoisotopic (exact) mass is 315 g/mol. The van der Waals surface area contributed by atoms with Gasteiger partial charge in [0.05, 0.1) is 0 Å². The topological polar surface area (TPSA) is 161 Å². The number of carboxylic acids is 1. The lowest BCUT2D eigenvalue weighted by molar-refractivity contribution is -0.139. The van der Waals surface area contributed by atoms with E-state index in [4.69, 9.17) is 16.6 Å². The summed E-state index contributed by atoms with van der Waals surface area (Å²) >= 11 is 0. The number of nitrogens with two attached hydrogens (primary N) is 2. The minimum atomic E-state index is -3.99. The molecule has 1 aromatic rings. The third kappa shape index (κ3) is 5.75. The highest BCUT2D eigenvalue weighted by atomic mass is 32.2. The fourth-order valence-corrected chi connectivity index (χ4v) is 2.66. The second-order valence-electron chi connectivity index (χ2n) is 4.13. The van der Waals surface area contributed by atoms with Crippen LogP contribution in [0.2, 0.25) is 0 Å². The Balaban J connectivity index is 2.70. The Hall–Kier alpha value is -2.20. The van der Waals surface area contributed by atoms with Crippen molar-refractivity contribution in [3.05, 3.63) is 24.4 Å². The summed E-state index contributed by atoms with van der Waals surface area (Å²) in [6.07, 6.45) is 1.68. The van der Waals surface area contributed by atoms with Crippen LogP contribution in [0.5, 0.6) is 0 Å². The average molecular weight is 315 g/mol. The number of sulfonamides is 1. The molecule has 0 bridgehead atoms. The largest absolute Gasteiger partial charge is 0.480 e. The smallest absolute Gasteiger partial charge is 0.321 e. The van der Waals surface area contributed by atoms with Gasteiger partial charge in [-0.2, -0.15) is 4.72 Å².